The van der Waals surface area contributed by atoms with Crippen LogP contribution in [-0.4, -0.2) is 14.8 Å². The number of rotatable bonds is 0. The number of fused-ring (bicyclic) bond motifs is 1. The summed E-state index contributed by atoms with van der Waals surface area (Å²) in [4.78, 5) is 2.99. The van der Waals surface area contributed by atoms with Gasteiger partial charge in [0.15, 0.2) is 0 Å². The highest BCUT2D eigenvalue weighted by Gasteiger charge is 2.04. The fourth-order valence-corrected chi connectivity index (χ4v) is 1.74. The van der Waals surface area contributed by atoms with E-state index in [1.54, 1.807) is 0 Å². The van der Waals surface area contributed by atoms with Gasteiger partial charge in [-0.05, 0) is 13.0 Å². The monoisotopic (exact) mass is 179 g/mol. The molecule has 0 aliphatic rings. The molecule has 3 nitrogen and oxygen atoms in total. The SMILES string of the molecule is Cc1nn(C)c2cc[nH]c(=S)c12. The molecule has 12 heavy (non-hydrogen) atoms. The number of H-pyrrole nitrogens is 1. The molecule has 2 rings (SSSR count). The fraction of sp³-hybridized carbons (Fsp3) is 0.250. The number of nitrogens with one attached hydrogen (secondary N) is 1. The van der Waals surface area contributed by atoms with Crippen LogP contribution in [0.2, 0.25) is 0 Å². The van der Waals surface area contributed by atoms with Gasteiger partial charge in [-0.2, -0.15) is 5.10 Å². The molecule has 0 saturated heterocycles. The summed E-state index contributed by atoms with van der Waals surface area (Å²) in [5.74, 6) is 0. The summed E-state index contributed by atoms with van der Waals surface area (Å²) in [6, 6.07) is 1.98. The zero-order chi connectivity index (χ0) is 8.72. The van der Waals surface area contributed by atoms with E-state index < -0.39 is 0 Å². The van der Waals surface area contributed by atoms with Crippen molar-refractivity contribution < 1.29 is 0 Å². The number of hydrogen-bond acceptors (Lipinski definition) is 2. The van der Waals surface area contributed by atoms with Crippen LogP contribution < -0.4 is 0 Å². The van der Waals surface area contributed by atoms with Crippen LogP contribution in [0.5, 0.6) is 0 Å². The summed E-state index contributed by atoms with van der Waals surface area (Å²) in [5, 5.41) is 5.33. The molecule has 0 aliphatic carbocycles. The second-order valence-electron chi connectivity index (χ2n) is 2.78. The van der Waals surface area contributed by atoms with Gasteiger partial charge in [0.2, 0.25) is 0 Å². The lowest BCUT2D eigenvalue weighted by molar-refractivity contribution is 0.783. The second kappa shape index (κ2) is 2.42. The Kier molecular flexibility index (Phi) is 1.51. The van der Waals surface area contributed by atoms with Crippen LogP contribution in [0.1, 0.15) is 5.69 Å². The summed E-state index contributed by atoms with van der Waals surface area (Å²) >= 11 is 5.15. The van der Waals surface area contributed by atoms with Gasteiger partial charge in [0.1, 0.15) is 4.64 Å². The van der Waals surface area contributed by atoms with Crippen LogP contribution in [0.3, 0.4) is 0 Å². The lowest BCUT2D eigenvalue weighted by Crippen LogP contribution is -1.88. The van der Waals surface area contributed by atoms with E-state index in [9.17, 15) is 0 Å². The van der Waals surface area contributed by atoms with Gasteiger partial charge in [-0.1, -0.05) is 12.2 Å². The van der Waals surface area contributed by atoms with Crippen molar-refractivity contribution in [3.63, 3.8) is 0 Å². The first-order chi connectivity index (χ1) is 5.70. The molecule has 2 aromatic rings. The molecule has 2 aromatic heterocycles. The maximum Gasteiger partial charge on any atom is 0.114 e. The smallest absolute Gasteiger partial charge is 0.114 e. The van der Waals surface area contributed by atoms with Crippen LogP contribution >= 0.6 is 12.2 Å². The Morgan fingerprint density at radius 3 is 3.00 bits per heavy atom. The van der Waals surface area contributed by atoms with E-state index in [-0.39, 0.29) is 0 Å². The van der Waals surface area contributed by atoms with Crippen molar-refractivity contribution in [2.45, 2.75) is 6.92 Å². The second-order valence-corrected chi connectivity index (χ2v) is 3.18. The van der Waals surface area contributed by atoms with Crippen LogP contribution in [0, 0.1) is 11.6 Å². The first-order valence-corrected chi connectivity index (χ1v) is 4.12. The third-order valence-electron chi connectivity index (χ3n) is 1.95. The molecule has 0 amide bonds. The molecule has 0 aromatic carbocycles. The highest BCUT2D eigenvalue weighted by molar-refractivity contribution is 7.71. The van der Waals surface area contributed by atoms with Gasteiger partial charge in [0, 0.05) is 13.2 Å². The van der Waals surface area contributed by atoms with E-state index >= 15 is 0 Å². The summed E-state index contributed by atoms with van der Waals surface area (Å²) in [7, 11) is 1.92. The Bertz CT molecular complexity index is 480. The van der Waals surface area contributed by atoms with Crippen LogP contribution in [0.25, 0.3) is 10.9 Å². The van der Waals surface area contributed by atoms with Crippen molar-refractivity contribution >= 4 is 23.1 Å². The molecule has 0 radical (unpaired) electrons. The third-order valence-corrected chi connectivity index (χ3v) is 2.27. The van der Waals surface area contributed by atoms with E-state index in [1.165, 1.54) is 0 Å². The van der Waals surface area contributed by atoms with Gasteiger partial charge >= 0.3 is 0 Å². The third kappa shape index (κ3) is 0.881. The number of hydrogen-bond donors (Lipinski definition) is 1. The predicted molar refractivity (Wildman–Crippen MR) is 50.6 cm³/mol. The van der Waals surface area contributed by atoms with Gasteiger partial charge in [-0.25, -0.2) is 0 Å². The molecule has 0 fully saturated rings. The standard InChI is InChI=1S/C8H9N3S/c1-5-7-6(11(2)10-5)3-4-9-8(7)12/h3-4H,1-2H3,(H,9,12). The molecule has 4 heteroatoms. The molecule has 1 N–H and O–H groups in total. The number of nitrogens with zero attached hydrogens (tertiary/aromatic N) is 2. The van der Waals surface area contributed by atoms with Crippen LogP contribution in [-0.2, 0) is 7.05 Å². The number of aryl methyl sites for hydroxylation is 2. The van der Waals surface area contributed by atoms with E-state index in [0.29, 0.717) is 0 Å². The summed E-state index contributed by atoms with van der Waals surface area (Å²) in [6.45, 7) is 1.96. The molecule has 0 unspecified atom stereocenters. The topological polar surface area (TPSA) is 33.6 Å². The molecule has 0 aliphatic heterocycles. The van der Waals surface area contributed by atoms with E-state index in [2.05, 4.69) is 10.1 Å². The first kappa shape index (κ1) is 7.49. The van der Waals surface area contributed by atoms with E-state index in [0.717, 1.165) is 21.2 Å². The Labute approximate surface area is 75.0 Å². The molecule has 0 saturated carbocycles. The lowest BCUT2D eigenvalue weighted by Gasteiger charge is -1.91. The Morgan fingerprint density at radius 1 is 1.58 bits per heavy atom. The largest absolute Gasteiger partial charge is 0.352 e. The molecule has 62 valence electrons. The lowest BCUT2D eigenvalue weighted by atomic mass is 10.3. The van der Waals surface area contributed by atoms with Crippen molar-refractivity contribution in [3.8, 4) is 0 Å². The maximum atomic E-state index is 5.15. The zero-order valence-electron chi connectivity index (χ0n) is 6.96. The van der Waals surface area contributed by atoms with Gasteiger partial charge < -0.3 is 4.98 Å². The van der Waals surface area contributed by atoms with E-state index in [1.807, 2.05) is 30.9 Å². The molecule has 0 atom stereocenters. The van der Waals surface area contributed by atoms with Crippen molar-refractivity contribution in [1.29, 1.82) is 0 Å². The van der Waals surface area contributed by atoms with E-state index in [4.69, 9.17) is 12.2 Å². The summed E-state index contributed by atoms with van der Waals surface area (Å²) in [6.07, 6.45) is 1.84. The van der Waals surface area contributed by atoms with Gasteiger partial charge in [-0.15, -0.1) is 0 Å². The Morgan fingerprint density at radius 2 is 2.33 bits per heavy atom. The van der Waals surface area contributed by atoms with Crippen LogP contribution in [0.15, 0.2) is 12.3 Å². The molecular formula is C8H9N3S. The number of aromatic nitrogens is 3. The minimum Gasteiger partial charge on any atom is -0.352 e. The van der Waals surface area contributed by atoms with Crippen molar-refractivity contribution in [3.05, 3.63) is 22.6 Å². The first-order valence-electron chi connectivity index (χ1n) is 3.71. The van der Waals surface area contributed by atoms with Gasteiger partial charge in [-0.3, -0.25) is 4.68 Å². The van der Waals surface area contributed by atoms with Crippen molar-refractivity contribution in [2.75, 3.05) is 0 Å². The number of pyridine rings is 1. The number of aromatic amines is 1. The quantitative estimate of drug-likeness (QED) is 0.627. The molecule has 0 spiro atoms. The average Bonchev–Trinajstić information content (AvgIpc) is 2.29. The van der Waals surface area contributed by atoms with Crippen LogP contribution in [0.4, 0.5) is 0 Å². The maximum absolute atomic E-state index is 5.15. The molecular weight excluding hydrogens is 170 g/mol. The van der Waals surface area contributed by atoms with Crippen molar-refractivity contribution in [2.24, 2.45) is 7.05 Å². The Balaban J connectivity index is 3.09. The highest BCUT2D eigenvalue weighted by atomic mass is 32.1. The highest BCUT2D eigenvalue weighted by Crippen LogP contribution is 2.16. The summed E-state index contributed by atoms with van der Waals surface area (Å²) < 4.78 is 2.60. The molecule has 2 heterocycles. The minimum absolute atomic E-state index is 0.762. The zero-order valence-corrected chi connectivity index (χ0v) is 7.77. The predicted octanol–water partition coefficient (Wildman–Crippen LogP) is 1.94. The van der Waals surface area contributed by atoms with Crippen molar-refractivity contribution in [1.82, 2.24) is 14.8 Å². The fourth-order valence-electron chi connectivity index (χ4n) is 1.42. The normalized spacial score (nSPS) is 10.8. The minimum atomic E-state index is 0.762. The van der Waals surface area contributed by atoms with Gasteiger partial charge in [0.05, 0.1) is 16.6 Å². The summed E-state index contributed by atoms with van der Waals surface area (Å²) in [5.41, 5.74) is 2.06. The Hall–Kier alpha value is -1.16. The average molecular weight is 179 g/mol. The molecule has 0 bridgehead atoms. The van der Waals surface area contributed by atoms with Gasteiger partial charge in [0.25, 0.3) is 0 Å².